The SMILES string of the molecule is O=C1C(=O)N(Cc2ccc(C(F)(F)F)cc2)c2ccc(Br)cc21. The van der Waals surface area contributed by atoms with Crippen molar-refractivity contribution in [2.75, 3.05) is 4.90 Å². The van der Waals surface area contributed by atoms with Crippen LogP contribution in [0.3, 0.4) is 0 Å². The molecule has 0 bridgehead atoms. The Labute approximate surface area is 137 Å². The molecule has 3 rings (SSSR count). The number of nitrogens with zero attached hydrogens (tertiary/aromatic N) is 1. The van der Waals surface area contributed by atoms with Gasteiger partial charge in [0.2, 0.25) is 0 Å². The van der Waals surface area contributed by atoms with Crippen molar-refractivity contribution in [1.29, 1.82) is 0 Å². The number of carbonyl (C=O) groups excluding carboxylic acids is 2. The van der Waals surface area contributed by atoms with E-state index in [9.17, 15) is 22.8 Å². The largest absolute Gasteiger partial charge is 0.416 e. The number of amides is 1. The lowest BCUT2D eigenvalue weighted by molar-refractivity contribution is -0.137. The monoisotopic (exact) mass is 383 g/mol. The quantitative estimate of drug-likeness (QED) is 0.728. The van der Waals surface area contributed by atoms with E-state index in [-0.39, 0.29) is 12.1 Å². The summed E-state index contributed by atoms with van der Waals surface area (Å²) in [6.07, 6.45) is -4.41. The van der Waals surface area contributed by atoms with Crippen LogP contribution in [0.2, 0.25) is 0 Å². The number of Topliss-reactive ketones (excluding diaryl/α,β-unsaturated/α-hetero) is 1. The number of hydrogen-bond acceptors (Lipinski definition) is 2. The van der Waals surface area contributed by atoms with Gasteiger partial charge in [0.25, 0.3) is 11.7 Å². The van der Waals surface area contributed by atoms with Crippen molar-refractivity contribution < 1.29 is 22.8 Å². The molecule has 0 aliphatic carbocycles. The molecule has 0 aromatic heterocycles. The van der Waals surface area contributed by atoms with Crippen molar-refractivity contribution in [1.82, 2.24) is 0 Å². The van der Waals surface area contributed by atoms with Gasteiger partial charge in [0, 0.05) is 4.47 Å². The number of hydrogen-bond donors (Lipinski definition) is 0. The van der Waals surface area contributed by atoms with Crippen molar-refractivity contribution in [3.05, 3.63) is 63.6 Å². The highest BCUT2D eigenvalue weighted by Gasteiger charge is 2.36. The molecular formula is C16H9BrF3NO2. The number of rotatable bonds is 2. The Hall–Kier alpha value is -2.15. The standard InChI is InChI=1S/C16H9BrF3NO2/c17-11-5-6-13-12(7-11)14(22)15(23)21(13)8-9-1-3-10(4-2-9)16(18,19)20/h1-7H,8H2. The molecule has 3 nitrogen and oxygen atoms in total. The summed E-state index contributed by atoms with van der Waals surface area (Å²) < 4.78 is 38.4. The van der Waals surface area contributed by atoms with Crippen LogP contribution in [0.4, 0.5) is 18.9 Å². The Bertz CT molecular complexity index is 800. The zero-order valence-corrected chi connectivity index (χ0v) is 13.1. The van der Waals surface area contributed by atoms with Crippen molar-refractivity contribution in [3.8, 4) is 0 Å². The summed E-state index contributed by atoms with van der Waals surface area (Å²) in [6.45, 7) is 0.0390. The second kappa shape index (κ2) is 5.49. The first-order chi connectivity index (χ1) is 10.8. The molecule has 118 valence electrons. The second-order valence-corrected chi connectivity index (χ2v) is 5.99. The predicted octanol–water partition coefficient (Wildman–Crippen LogP) is 4.20. The molecule has 0 saturated carbocycles. The lowest BCUT2D eigenvalue weighted by atomic mass is 10.1. The molecule has 0 fully saturated rings. The van der Waals surface area contributed by atoms with Crippen LogP contribution in [-0.2, 0) is 17.5 Å². The van der Waals surface area contributed by atoms with Crippen LogP contribution in [0.1, 0.15) is 21.5 Å². The lowest BCUT2D eigenvalue weighted by Crippen LogP contribution is -2.29. The van der Waals surface area contributed by atoms with E-state index in [0.717, 1.165) is 12.1 Å². The maximum Gasteiger partial charge on any atom is 0.416 e. The fraction of sp³-hybridized carbons (Fsp3) is 0.125. The van der Waals surface area contributed by atoms with E-state index in [4.69, 9.17) is 0 Å². The van der Waals surface area contributed by atoms with Crippen LogP contribution in [0, 0.1) is 0 Å². The first-order valence-corrected chi connectivity index (χ1v) is 7.38. The first kappa shape index (κ1) is 15.7. The zero-order chi connectivity index (χ0) is 16.8. The smallest absolute Gasteiger partial charge is 0.300 e. The van der Waals surface area contributed by atoms with Gasteiger partial charge in [0.05, 0.1) is 23.4 Å². The van der Waals surface area contributed by atoms with Gasteiger partial charge in [0.15, 0.2) is 0 Å². The summed E-state index contributed by atoms with van der Waals surface area (Å²) in [4.78, 5) is 25.3. The number of anilines is 1. The minimum atomic E-state index is -4.41. The number of ketones is 1. The average Bonchev–Trinajstić information content (AvgIpc) is 2.72. The van der Waals surface area contributed by atoms with Gasteiger partial charge in [-0.15, -0.1) is 0 Å². The van der Waals surface area contributed by atoms with Crippen LogP contribution in [-0.4, -0.2) is 11.7 Å². The zero-order valence-electron chi connectivity index (χ0n) is 11.5. The summed E-state index contributed by atoms with van der Waals surface area (Å²) in [5.41, 5.74) is 0.503. The molecular weight excluding hydrogens is 375 g/mol. The van der Waals surface area contributed by atoms with Crippen molar-refractivity contribution in [2.45, 2.75) is 12.7 Å². The van der Waals surface area contributed by atoms with Gasteiger partial charge in [-0.3, -0.25) is 9.59 Å². The number of carbonyl (C=O) groups is 2. The van der Waals surface area contributed by atoms with Crippen molar-refractivity contribution in [2.24, 2.45) is 0 Å². The minimum absolute atomic E-state index is 0.0390. The topological polar surface area (TPSA) is 37.4 Å². The minimum Gasteiger partial charge on any atom is -0.300 e. The van der Waals surface area contributed by atoms with Crippen molar-refractivity contribution in [3.63, 3.8) is 0 Å². The normalized spacial score (nSPS) is 14.3. The van der Waals surface area contributed by atoms with E-state index in [1.54, 1.807) is 18.2 Å². The number of halogens is 4. The highest BCUT2D eigenvalue weighted by atomic mass is 79.9. The van der Waals surface area contributed by atoms with E-state index < -0.39 is 23.4 Å². The Morgan fingerprint density at radius 3 is 2.26 bits per heavy atom. The van der Waals surface area contributed by atoms with Crippen LogP contribution < -0.4 is 4.90 Å². The van der Waals surface area contributed by atoms with Crippen LogP contribution in [0.25, 0.3) is 0 Å². The summed E-state index contributed by atoms with van der Waals surface area (Å²) in [5, 5.41) is 0. The van der Waals surface area contributed by atoms with Gasteiger partial charge in [-0.1, -0.05) is 28.1 Å². The van der Waals surface area contributed by atoms with Gasteiger partial charge in [-0.2, -0.15) is 13.2 Å². The van der Waals surface area contributed by atoms with Crippen molar-refractivity contribution >= 4 is 33.3 Å². The highest BCUT2D eigenvalue weighted by Crippen LogP contribution is 2.33. The molecule has 2 aromatic carbocycles. The molecule has 23 heavy (non-hydrogen) atoms. The van der Waals surface area contributed by atoms with Gasteiger partial charge >= 0.3 is 6.18 Å². The molecule has 1 aliphatic rings. The average molecular weight is 384 g/mol. The third-order valence-electron chi connectivity index (χ3n) is 3.56. The van der Waals surface area contributed by atoms with Gasteiger partial charge in [-0.05, 0) is 35.9 Å². The lowest BCUT2D eigenvalue weighted by Gasteiger charge is -2.17. The van der Waals surface area contributed by atoms with E-state index in [2.05, 4.69) is 15.9 Å². The third kappa shape index (κ3) is 2.88. The number of alkyl halides is 3. The van der Waals surface area contributed by atoms with Crippen LogP contribution >= 0.6 is 15.9 Å². The fourth-order valence-corrected chi connectivity index (χ4v) is 2.77. The molecule has 7 heteroatoms. The maximum absolute atomic E-state index is 12.6. The Morgan fingerprint density at radius 2 is 1.65 bits per heavy atom. The van der Waals surface area contributed by atoms with Gasteiger partial charge in [0.1, 0.15) is 0 Å². The summed E-state index contributed by atoms with van der Waals surface area (Å²) in [5.74, 6) is -1.30. The summed E-state index contributed by atoms with van der Waals surface area (Å²) in [6, 6.07) is 9.41. The van der Waals surface area contributed by atoms with Crippen LogP contribution in [0.15, 0.2) is 46.9 Å². The van der Waals surface area contributed by atoms with Gasteiger partial charge in [-0.25, -0.2) is 0 Å². The van der Waals surface area contributed by atoms with E-state index in [0.29, 0.717) is 15.7 Å². The van der Waals surface area contributed by atoms with E-state index in [1.807, 2.05) is 0 Å². The van der Waals surface area contributed by atoms with E-state index >= 15 is 0 Å². The molecule has 0 saturated heterocycles. The Morgan fingerprint density at radius 1 is 1.00 bits per heavy atom. The molecule has 1 heterocycles. The Kier molecular flexibility index (Phi) is 3.75. The molecule has 1 aliphatic heterocycles. The van der Waals surface area contributed by atoms with E-state index in [1.165, 1.54) is 17.0 Å². The summed E-state index contributed by atoms with van der Waals surface area (Å²) in [7, 11) is 0. The molecule has 2 aromatic rings. The summed E-state index contributed by atoms with van der Waals surface area (Å²) >= 11 is 3.24. The maximum atomic E-state index is 12.6. The first-order valence-electron chi connectivity index (χ1n) is 6.59. The Balaban J connectivity index is 1.89. The molecule has 0 atom stereocenters. The molecule has 1 amide bonds. The molecule has 0 radical (unpaired) electrons. The second-order valence-electron chi connectivity index (χ2n) is 5.08. The molecule has 0 unspecified atom stereocenters. The fourth-order valence-electron chi connectivity index (χ4n) is 2.41. The predicted molar refractivity (Wildman–Crippen MR) is 81.1 cm³/mol. The molecule has 0 spiro atoms. The number of fused-ring (bicyclic) bond motifs is 1. The van der Waals surface area contributed by atoms with Crippen LogP contribution in [0.5, 0.6) is 0 Å². The van der Waals surface area contributed by atoms with Gasteiger partial charge < -0.3 is 4.90 Å². The third-order valence-corrected chi connectivity index (χ3v) is 4.05. The highest BCUT2D eigenvalue weighted by molar-refractivity contribution is 9.10. The molecule has 0 N–H and O–H groups in total. The number of benzene rings is 2.